The first-order chi connectivity index (χ1) is 16.1. The molecule has 7 heteroatoms. The summed E-state index contributed by atoms with van der Waals surface area (Å²) in [5, 5.41) is 12.1. The number of likely N-dealkylation sites (tertiary alicyclic amines) is 1. The molecule has 1 atom stereocenters. The van der Waals surface area contributed by atoms with Crippen molar-refractivity contribution in [1.82, 2.24) is 25.0 Å². The van der Waals surface area contributed by atoms with Crippen molar-refractivity contribution >= 4 is 17.7 Å². The van der Waals surface area contributed by atoms with Gasteiger partial charge in [-0.2, -0.15) is 0 Å². The summed E-state index contributed by atoms with van der Waals surface area (Å²) < 4.78 is 1.96. The summed E-state index contributed by atoms with van der Waals surface area (Å²) in [4.78, 5) is 15.2. The van der Waals surface area contributed by atoms with Gasteiger partial charge in [-0.1, -0.05) is 68.1 Å². The Morgan fingerprint density at radius 3 is 2.67 bits per heavy atom. The predicted octanol–water partition coefficient (Wildman–Crippen LogP) is 4.47. The number of nitrogens with zero attached hydrogens (tertiary/aromatic N) is 4. The van der Waals surface area contributed by atoms with Gasteiger partial charge in [-0.05, 0) is 54.5 Å². The van der Waals surface area contributed by atoms with Crippen LogP contribution in [0.1, 0.15) is 43.4 Å². The minimum atomic E-state index is -0.000255. The molecule has 6 nitrogen and oxygen atoms in total. The number of carbonyl (C=O) groups is 1. The smallest absolute Gasteiger partial charge is 0.230 e. The lowest BCUT2D eigenvalue weighted by Gasteiger charge is -2.31. The minimum Gasteiger partial charge on any atom is -0.351 e. The largest absolute Gasteiger partial charge is 0.351 e. The number of carbonyl (C=O) groups excluding carboxylic acids is 1. The van der Waals surface area contributed by atoms with Crippen molar-refractivity contribution in [3.05, 3.63) is 71.5 Å². The van der Waals surface area contributed by atoms with E-state index in [1.165, 1.54) is 41.3 Å². The lowest BCUT2D eigenvalue weighted by Crippen LogP contribution is -2.34. The van der Waals surface area contributed by atoms with E-state index in [2.05, 4.69) is 64.6 Å². The van der Waals surface area contributed by atoms with Gasteiger partial charge in [-0.25, -0.2) is 0 Å². The summed E-state index contributed by atoms with van der Waals surface area (Å²) in [6, 6.07) is 16.7. The summed E-state index contributed by atoms with van der Waals surface area (Å²) >= 11 is 1.41. The summed E-state index contributed by atoms with van der Waals surface area (Å²) in [5.74, 6) is 1.06. The number of para-hydroxylation sites is 1. The van der Waals surface area contributed by atoms with Crippen molar-refractivity contribution < 1.29 is 4.79 Å². The number of aryl methyl sites for hydroxylation is 1. The highest BCUT2D eigenvalue weighted by atomic mass is 32.2. The van der Waals surface area contributed by atoms with Gasteiger partial charge in [0.2, 0.25) is 5.91 Å². The van der Waals surface area contributed by atoms with Gasteiger partial charge in [0.15, 0.2) is 5.16 Å². The van der Waals surface area contributed by atoms with Gasteiger partial charge in [0, 0.05) is 19.6 Å². The summed E-state index contributed by atoms with van der Waals surface area (Å²) in [6.07, 6.45) is 5.23. The molecule has 0 bridgehead atoms. The van der Waals surface area contributed by atoms with Gasteiger partial charge >= 0.3 is 0 Å². The molecule has 4 rings (SSSR count). The fraction of sp³-hybridized carbons (Fsp3) is 0.423. The Bertz CT molecular complexity index is 1070. The van der Waals surface area contributed by atoms with Crippen LogP contribution in [0.4, 0.5) is 0 Å². The van der Waals surface area contributed by atoms with E-state index in [-0.39, 0.29) is 5.91 Å². The first kappa shape index (κ1) is 23.5. The van der Waals surface area contributed by atoms with Crippen LogP contribution < -0.4 is 5.32 Å². The molecule has 2 heterocycles. The van der Waals surface area contributed by atoms with Crippen LogP contribution in [-0.2, 0) is 24.3 Å². The van der Waals surface area contributed by atoms with E-state index in [0.717, 1.165) is 42.8 Å². The Morgan fingerprint density at radius 2 is 1.88 bits per heavy atom. The quantitative estimate of drug-likeness (QED) is 0.475. The highest BCUT2D eigenvalue weighted by molar-refractivity contribution is 7.99. The van der Waals surface area contributed by atoms with E-state index in [0.29, 0.717) is 12.3 Å². The highest BCUT2D eigenvalue weighted by Gasteiger charge is 2.17. The zero-order valence-corrected chi connectivity index (χ0v) is 20.4. The van der Waals surface area contributed by atoms with Crippen LogP contribution in [0.15, 0.2) is 60.0 Å². The average Bonchev–Trinajstić information content (AvgIpc) is 3.30. The van der Waals surface area contributed by atoms with E-state index in [4.69, 9.17) is 0 Å². The van der Waals surface area contributed by atoms with Crippen LogP contribution in [0, 0.1) is 5.92 Å². The molecular formula is C26H33N5OS. The Labute approximate surface area is 200 Å². The number of hydrogen-bond acceptors (Lipinski definition) is 5. The van der Waals surface area contributed by atoms with Gasteiger partial charge in [-0.3, -0.25) is 14.3 Å². The Kier molecular flexibility index (Phi) is 8.18. The van der Waals surface area contributed by atoms with Crippen LogP contribution in [0.3, 0.4) is 0 Å². The second kappa shape index (κ2) is 11.5. The lowest BCUT2D eigenvalue weighted by molar-refractivity contribution is -0.118. The molecule has 0 saturated carbocycles. The third kappa shape index (κ3) is 6.24. The predicted molar refractivity (Wildman–Crippen MR) is 133 cm³/mol. The Morgan fingerprint density at radius 1 is 1.12 bits per heavy atom. The molecule has 1 saturated heterocycles. The molecule has 1 aliphatic heterocycles. The van der Waals surface area contributed by atoms with Gasteiger partial charge < -0.3 is 5.32 Å². The Balaban J connectivity index is 1.33. The molecule has 1 fully saturated rings. The minimum absolute atomic E-state index is 0.000255. The third-order valence-electron chi connectivity index (χ3n) is 6.21. The summed E-state index contributed by atoms with van der Waals surface area (Å²) in [7, 11) is 0. The van der Waals surface area contributed by atoms with Crippen LogP contribution in [0.25, 0.3) is 5.69 Å². The number of hydrogen-bond donors (Lipinski definition) is 1. The molecule has 0 spiro atoms. The molecule has 0 aliphatic carbocycles. The van der Waals surface area contributed by atoms with Gasteiger partial charge in [0.25, 0.3) is 0 Å². The van der Waals surface area contributed by atoms with E-state index in [1.807, 2.05) is 22.8 Å². The molecule has 174 valence electrons. The van der Waals surface area contributed by atoms with Crippen LogP contribution in [0.5, 0.6) is 0 Å². The molecule has 0 radical (unpaired) electrons. The average molecular weight is 464 g/mol. The van der Waals surface area contributed by atoms with Crippen LogP contribution in [-0.4, -0.2) is 44.4 Å². The number of nitrogens with one attached hydrogen (secondary N) is 1. The van der Waals surface area contributed by atoms with Gasteiger partial charge in [0.1, 0.15) is 6.33 Å². The van der Waals surface area contributed by atoms with Gasteiger partial charge in [0.05, 0.1) is 11.4 Å². The van der Waals surface area contributed by atoms with Crippen molar-refractivity contribution in [3.8, 4) is 5.69 Å². The second-order valence-corrected chi connectivity index (χ2v) is 9.72. The number of thioether (sulfide) groups is 1. The van der Waals surface area contributed by atoms with Crippen molar-refractivity contribution in [2.45, 2.75) is 51.4 Å². The normalized spacial score (nSPS) is 16.6. The van der Waals surface area contributed by atoms with Crippen molar-refractivity contribution in [2.24, 2.45) is 5.92 Å². The summed E-state index contributed by atoms with van der Waals surface area (Å²) in [6.45, 7) is 8.27. The van der Waals surface area contributed by atoms with Crippen molar-refractivity contribution in [1.29, 1.82) is 0 Å². The monoisotopic (exact) mass is 463 g/mol. The molecule has 1 aliphatic rings. The number of benzene rings is 2. The Hall–Kier alpha value is -2.64. The fourth-order valence-corrected chi connectivity index (χ4v) is 5.21. The molecule has 1 N–H and O–H groups in total. The van der Waals surface area contributed by atoms with Crippen molar-refractivity contribution in [3.63, 3.8) is 0 Å². The maximum absolute atomic E-state index is 12.6. The molecule has 33 heavy (non-hydrogen) atoms. The second-order valence-electron chi connectivity index (χ2n) is 8.78. The van der Waals surface area contributed by atoms with Crippen LogP contribution in [0.2, 0.25) is 0 Å². The molecule has 1 unspecified atom stereocenters. The molecule has 1 aromatic heterocycles. The number of piperidine rings is 1. The van der Waals surface area contributed by atoms with Crippen molar-refractivity contribution in [2.75, 3.05) is 18.8 Å². The SMILES string of the molecule is CCc1ccccc1-n1cnnc1SCC(=O)NCc1ccccc1CN1CCCC(C)C1. The zero-order chi connectivity index (χ0) is 23.0. The van der Waals surface area contributed by atoms with Crippen LogP contribution >= 0.6 is 11.8 Å². The molecule has 1 amide bonds. The van der Waals surface area contributed by atoms with Gasteiger partial charge in [-0.15, -0.1) is 10.2 Å². The first-order valence-electron chi connectivity index (χ1n) is 11.8. The number of aromatic nitrogens is 3. The molecule has 2 aromatic carbocycles. The van der Waals surface area contributed by atoms with E-state index >= 15 is 0 Å². The molecular weight excluding hydrogens is 430 g/mol. The molecule has 3 aromatic rings. The van der Waals surface area contributed by atoms with E-state index in [1.54, 1.807) is 6.33 Å². The highest BCUT2D eigenvalue weighted by Crippen LogP contribution is 2.23. The lowest BCUT2D eigenvalue weighted by atomic mass is 9.99. The third-order valence-corrected chi connectivity index (χ3v) is 7.15. The first-order valence-corrected chi connectivity index (χ1v) is 12.8. The maximum atomic E-state index is 12.6. The summed E-state index contributed by atoms with van der Waals surface area (Å²) in [5.41, 5.74) is 4.78. The number of rotatable bonds is 9. The topological polar surface area (TPSA) is 63.1 Å². The fourth-order valence-electron chi connectivity index (χ4n) is 4.46. The van der Waals surface area contributed by atoms with E-state index < -0.39 is 0 Å². The zero-order valence-electron chi connectivity index (χ0n) is 19.5. The standard InChI is InChI=1S/C26H33N5OS/c1-3-21-10-6-7-13-24(21)31-19-28-29-26(31)33-18-25(32)27-15-22-11-4-5-12-23(22)17-30-14-8-9-20(2)16-30/h4-7,10-13,19-20H,3,8-9,14-18H2,1-2H3,(H,27,32). The van der Waals surface area contributed by atoms with E-state index in [9.17, 15) is 4.79 Å². The number of amides is 1. The maximum Gasteiger partial charge on any atom is 0.230 e.